The van der Waals surface area contributed by atoms with Crippen molar-refractivity contribution in [3.8, 4) is 11.1 Å². The molecule has 3 heterocycles. The van der Waals surface area contributed by atoms with Gasteiger partial charge in [0.05, 0.1) is 18.8 Å². The Morgan fingerprint density at radius 3 is 2.76 bits per heavy atom. The molecule has 34 heavy (non-hydrogen) atoms. The summed E-state index contributed by atoms with van der Waals surface area (Å²) in [5, 5.41) is 5.60. The molecular formula is C25H30FN5O2S. The topological polar surface area (TPSA) is 61.3 Å². The zero-order chi connectivity index (χ0) is 24.1. The van der Waals surface area contributed by atoms with Crippen molar-refractivity contribution < 1.29 is 13.9 Å². The predicted octanol–water partition coefficient (Wildman–Crippen LogP) is 4.85. The molecule has 2 saturated heterocycles. The third-order valence-electron chi connectivity index (χ3n) is 5.75. The summed E-state index contributed by atoms with van der Waals surface area (Å²) in [5.74, 6) is 3.06. The van der Waals surface area contributed by atoms with Gasteiger partial charge in [-0.2, -0.15) is 16.9 Å². The van der Waals surface area contributed by atoms with E-state index in [2.05, 4.69) is 35.6 Å². The van der Waals surface area contributed by atoms with E-state index in [0.717, 1.165) is 30.4 Å². The highest BCUT2D eigenvalue weighted by atomic mass is 32.2. The number of hydrazone groups is 1. The Kier molecular flexibility index (Phi) is 7.72. The molecule has 2 aromatic rings. The number of pyridine rings is 1. The van der Waals surface area contributed by atoms with E-state index in [-0.39, 0.29) is 0 Å². The number of anilines is 2. The van der Waals surface area contributed by atoms with Crippen molar-refractivity contribution in [1.82, 2.24) is 9.99 Å². The van der Waals surface area contributed by atoms with Crippen LogP contribution in [0.3, 0.4) is 0 Å². The minimum Gasteiger partial charge on any atom is -0.442 e. The maximum Gasteiger partial charge on any atom is 0.414 e. The standard InChI is InChI=1S/C25H30FN5O2S/c1-18(2)8-9-30(27-3)16-21-17-31(25(32)33-21)20-5-6-22(23(26)14-20)19-4-7-24(28-15-19)29-10-12-34-13-11-29/h4-9,14-15,18,21H,3,10-13,16-17H2,1-2H3/b9-8-. The summed E-state index contributed by atoms with van der Waals surface area (Å²) >= 11 is 1.95. The number of ether oxygens (including phenoxy) is 1. The van der Waals surface area contributed by atoms with Crippen LogP contribution in [0.15, 0.2) is 53.9 Å². The van der Waals surface area contributed by atoms with Crippen molar-refractivity contribution in [2.45, 2.75) is 20.0 Å². The average molecular weight is 484 g/mol. The van der Waals surface area contributed by atoms with Gasteiger partial charge in [-0.1, -0.05) is 19.9 Å². The molecular weight excluding hydrogens is 453 g/mol. The first kappa shape index (κ1) is 24.1. The van der Waals surface area contributed by atoms with Gasteiger partial charge in [0.1, 0.15) is 17.7 Å². The first-order chi connectivity index (χ1) is 16.4. The highest BCUT2D eigenvalue weighted by molar-refractivity contribution is 7.99. The number of hydrogen-bond donors (Lipinski definition) is 0. The van der Waals surface area contributed by atoms with Crippen molar-refractivity contribution in [2.75, 3.05) is 47.5 Å². The van der Waals surface area contributed by atoms with Crippen LogP contribution in [-0.2, 0) is 4.74 Å². The monoisotopic (exact) mass is 483 g/mol. The molecule has 180 valence electrons. The number of allylic oxidation sites excluding steroid dienone is 1. The Balaban J connectivity index is 1.43. The maximum atomic E-state index is 15.0. The number of carbonyl (C=O) groups excluding carboxylic acids is 1. The molecule has 2 fully saturated rings. The second-order valence-corrected chi connectivity index (χ2v) is 9.86. The fourth-order valence-electron chi connectivity index (χ4n) is 3.90. The first-order valence-corrected chi connectivity index (χ1v) is 12.6. The van der Waals surface area contributed by atoms with Crippen molar-refractivity contribution in [1.29, 1.82) is 0 Å². The number of carbonyl (C=O) groups is 1. The lowest BCUT2D eigenvalue weighted by Gasteiger charge is -2.27. The van der Waals surface area contributed by atoms with Crippen LogP contribution in [0.2, 0.25) is 0 Å². The van der Waals surface area contributed by atoms with Crippen LogP contribution in [0.1, 0.15) is 13.8 Å². The zero-order valence-electron chi connectivity index (χ0n) is 19.6. The lowest BCUT2D eigenvalue weighted by molar-refractivity contribution is 0.123. The summed E-state index contributed by atoms with van der Waals surface area (Å²) in [6.07, 6.45) is 4.62. The van der Waals surface area contributed by atoms with Crippen LogP contribution in [-0.4, -0.2) is 66.6 Å². The quantitative estimate of drug-likeness (QED) is 0.395. The molecule has 2 aliphatic rings. The second-order valence-electron chi connectivity index (χ2n) is 8.63. The van der Waals surface area contributed by atoms with E-state index in [1.54, 1.807) is 23.3 Å². The van der Waals surface area contributed by atoms with Crippen LogP contribution >= 0.6 is 11.8 Å². The van der Waals surface area contributed by atoms with Gasteiger partial charge in [0.15, 0.2) is 0 Å². The minimum absolute atomic E-state index is 0.309. The fourth-order valence-corrected chi connectivity index (χ4v) is 4.81. The fraction of sp³-hybridized carbons (Fsp3) is 0.400. The van der Waals surface area contributed by atoms with E-state index in [1.165, 1.54) is 11.0 Å². The van der Waals surface area contributed by atoms with Gasteiger partial charge in [0.2, 0.25) is 0 Å². The molecule has 0 spiro atoms. The number of amides is 1. The van der Waals surface area contributed by atoms with Gasteiger partial charge in [-0.05, 0) is 36.2 Å². The molecule has 1 amide bonds. The molecule has 2 aliphatic heterocycles. The van der Waals surface area contributed by atoms with Crippen LogP contribution in [0, 0.1) is 11.7 Å². The molecule has 1 atom stereocenters. The van der Waals surface area contributed by atoms with E-state index in [4.69, 9.17) is 4.74 Å². The molecule has 9 heteroatoms. The van der Waals surface area contributed by atoms with Crippen LogP contribution in [0.4, 0.5) is 20.7 Å². The third kappa shape index (κ3) is 5.70. The molecule has 1 aromatic heterocycles. The Hall–Kier alpha value is -3.07. The Morgan fingerprint density at radius 1 is 1.32 bits per heavy atom. The number of thioether (sulfide) groups is 1. The maximum absolute atomic E-state index is 15.0. The van der Waals surface area contributed by atoms with Crippen molar-refractivity contribution in [3.63, 3.8) is 0 Å². The molecule has 0 radical (unpaired) electrons. The normalized spacial score (nSPS) is 18.6. The van der Waals surface area contributed by atoms with Gasteiger partial charge in [-0.3, -0.25) is 9.91 Å². The summed E-state index contributed by atoms with van der Waals surface area (Å²) in [6, 6.07) is 8.62. The predicted molar refractivity (Wildman–Crippen MR) is 137 cm³/mol. The lowest BCUT2D eigenvalue weighted by Crippen LogP contribution is -2.32. The molecule has 1 aromatic carbocycles. The summed E-state index contributed by atoms with van der Waals surface area (Å²) in [4.78, 5) is 20.7. The highest BCUT2D eigenvalue weighted by Crippen LogP contribution is 2.30. The van der Waals surface area contributed by atoms with Crippen LogP contribution in [0.5, 0.6) is 0 Å². The minimum atomic E-state index is -0.500. The number of halogens is 1. The van der Waals surface area contributed by atoms with Gasteiger partial charge >= 0.3 is 6.09 Å². The summed E-state index contributed by atoms with van der Waals surface area (Å²) < 4.78 is 20.5. The van der Waals surface area contributed by atoms with Gasteiger partial charge < -0.3 is 9.64 Å². The van der Waals surface area contributed by atoms with E-state index in [1.807, 2.05) is 36.2 Å². The molecule has 0 saturated carbocycles. The van der Waals surface area contributed by atoms with Gasteiger partial charge in [-0.15, -0.1) is 0 Å². The van der Waals surface area contributed by atoms with Gasteiger partial charge in [0.25, 0.3) is 0 Å². The third-order valence-corrected chi connectivity index (χ3v) is 6.69. The highest BCUT2D eigenvalue weighted by Gasteiger charge is 2.33. The number of nitrogens with zero attached hydrogens (tertiary/aromatic N) is 5. The number of benzene rings is 1. The Labute approximate surface area is 204 Å². The second kappa shape index (κ2) is 10.9. The van der Waals surface area contributed by atoms with Crippen LogP contribution in [0.25, 0.3) is 11.1 Å². The van der Waals surface area contributed by atoms with E-state index in [0.29, 0.717) is 35.8 Å². The van der Waals surface area contributed by atoms with Crippen LogP contribution < -0.4 is 9.80 Å². The Morgan fingerprint density at radius 2 is 2.12 bits per heavy atom. The molecule has 7 nitrogen and oxygen atoms in total. The summed E-state index contributed by atoms with van der Waals surface area (Å²) in [6.45, 7) is 10.3. The van der Waals surface area contributed by atoms with E-state index < -0.39 is 18.0 Å². The van der Waals surface area contributed by atoms with E-state index in [9.17, 15) is 4.79 Å². The molecule has 0 aliphatic carbocycles. The Bertz CT molecular complexity index is 1040. The first-order valence-electron chi connectivity index (χ1n) is 11.4. The zero-order valence-corrected chi connectivity index (χ0v) is 20.4. The molecule has 4 rings (SSSR count). The summed E-state index contributed by atoms with van der Waals surface area (Å²) in [5.41, 5.74) is 1.60. The van der Waals surface area contributed by atoms with Crippen molar-refractivity contribution in [3.05, 3.63) is 54.6 Å². The largest absolute Gasteiger partial charge is 0.442 e. The van der Waals surface area contributed by atoms with Crippen molar-refractivity contribution in [2.24, 2.45) is 11.0 Å². The van der Waals surface area contributed by atoms with Crippen molar-refractivity contribution >= 4 is 36.1 Å². The van der Waals surface area contributed by atoms with Gasteiger partial charge in [-0.25, -0.2) is 14.2 Å². The number of hydrogen-bond acceptors (Lipinski definition) is 7. The lowest BCUT2D eigenvalue weighted by atomic mass is 10.1. The molecule has 1 unspecified atom stereocenters. The summed E-state index contributed by atoms with van der Waals surface area (Å²) in [7, 11) is 0. The van der Waals surface area contributed by atoms with Gasteiger partial charge in [0, 0.05) is 54.8 Å². The number of aromatic nitrogens is 1. The average Bonchev–Trinajstić information content (AvgIpc) is 3.22. The molecule has 0 N–H and O–H groups in total. The SMILES string of the molecule is C=NN(/C=C\C(C)C)CC1CN(c2ccc(-c3ccc(N4CCSCC4)nc3)c(F)c2)C(=O)O1. The number of cyclic esters (lactones) is 1. The molecule has 0 bridgehead atoms. The van der Waals surface area contributed by atoms with E-state index >= 15 is 4.39 Å². The number of rotatable bonds is 8. The smallest absolute Gasteiger partial charge is 0.414 e.